The van der Waals surface area contributed by atoms with Gasteiger partial charge in [0.25, 0.3) is 5.88 Å². The second-order valence-electron chi connectivity index (χ2n) is 4.50. The molecule has 5 nitrogen and oxygen atoms in total. The molecule has 0 fully saturated rings. The largest absolute Gasteiger partial charge is 0.476 e. The summed E-state index contributed by atoms with van der Waals surface area (Å²) in [4.78, 5) is 16.2. The lowest BCUT2D eigenvalue weighted by Crippen LogP contribution is -2.03. The first-order chi connectivity index (χ1) is 9.56. The summed E-state index contributed by atoms with van der Waals surface area (Å²) in [6.45, 7) is 3.91. The second-order valence-corrected chi connectivity index (χ2v) is 5.37. The number of aromatic nitrogens is 2. The number of rotatable bonds is 3. The molecular formula is C14H12N2O3S. The maximum Gasteiger partial charge on any atom is 0.358 e. The third-order valence-electron chi connectivity index (χ3n) is 2.97. The van der Waals surface area contributed by atoms with Gasteiger partial charge in [-0.15, -0.1) is 11.3 Å². The van der Waals surface area contributed by atoms with Crippen LogP contribution in [0.5, 0.6) is 11.6 Å². The topological polar surface area (TPSA) is 63.8 Å². The molecular weight excluding hydrogens is 276 g/mol. The first-order valence-corrected chi connectivity index (χ1v) is 6.88. The summed E-state index contributed by atoms with van der Waals surface area (Å²) in [5, 5.41) is 11.1. The molecule has 0 aliphatic heterocycles. The Hall–Kier alpha value is -2.34. The van der Waals surface area contributed by atoms with Gasteiger partial charge in [-0.05, 0) is 25.5 Å². The van der Waals surface area contributed by atoms with Crippen LogP contribution < -0.4 is 4.74 Å². The van der Waals surface area contributed by atoms with Gasteiger partial charge in [-0.25, -0.2) is 4.79 Å². The molecule has 102 valence electrons. The van der Waals surface area contributed by atoms with Crippen molar-refractivity contribution < 1.29 is 14.6 Å². The number of benzene rings is 1. The molecule has 0 aliphatic carbocycles. The van der Waals surface area contributed by atoms with Crippen molar-refractivity contribution in [3.63, 3.8) is 0 Å². The molecule has 0 saturated heterocycles. The molecule has 0 amide bonds. The molecule has 2 aromatic heterocycles. The van der Waals surface area contributed by atoms with Crippen LogP contribution in [0.25, 0.3) is 4.96 Å². The fourth-order valence-corrected chi connectivity index (χ4v) is 2.76. The number of ether oxygens (including phenoxy) is 1. The quantitative estimate of drug-likeness (QED) is 0.801. The highest BCUT2D eigenvalue weighted by Gasteiger charge is 2.21. The second kappa shape index (κ2) is 4.64. The van der Waals surface area contributed by atoms with E-state index in [-0.39, 0.29) is 11.6 Å². The summed E-state index contributed by atoms with van der Waals surface area (Å²) < 4.78 is 7.21. The fourth-order valence-electron chi connectivity index (χ4n) is 2.05. The monoisotopic (exact) mass is 288 g/mol. The van der Waals surface area contributed by atoms with Crippen LogP contribution in [0.1, 0.15) is 21.6 Å². The minimum Gasteiger partial charge on any atom is -0.476 e. The Kier molecular flexibility index (Phi) is 2.94. The van der Waals surface area contributed by atoms with E-state index in [4.69, 9.17) is 4.74 Å². The van der Waals surface area contributed by atoms with Crippen molar-refractivity contribution in [1.29, 1.82) is 0 Å². The Labute approximate surface area is 119 Å². The Morgan fingerprint density at radius 2 is 2.20 bits per heavy atom. The summed E-state index contributed by atoms with van der Waals surface area (Å²) in [5.74, 6) is -0.323. The van der Waals surface area contributed by atoms with E-state index < -0.39 is 5.97 Å². The zero-order valence-electron chi connectivity index (χ0n) is 11.0. The van der Waals surface area contributed by atoms with Crippen molar-refractivity contribution in [1.82, 2.24) is 9.38 Å². The van der Waals surface area contributed by atoms with Crippen LogP contribution in [0.15, 0.2) is 29.8 Å². The minimum atomic E-state index is -1.06. The van der Waals surface area contributed by atoms with Crippen LogP contribution in [0.3, 0.4) is 0 Å². The van der Waals surface area contributed by atoms with Crippen LogP contribution in [-0.4, -0.2) is 20.5 Å². The molecule has 3 aromatic rings. The van der Waals surface area contributed by atoms with E-state index in [2.05, 4.69) is 4.98 Å². The Morgan fingerprint density at radius 1 is 1.40 bits per heavy atom. The number of carboxylic acid groups (broad SMARTS) is 1. The van der Waals surface area contributed by atoms with Crippen LogP contribution in [0.2, 0.25) is 0 Å². The first-order valence-electron chi connectivity index (χ1n) is 6.00. The number of fused-ring (bicyclic) bond motifs is 1. The summed E-state index contributed by atoms with van der Waals surface area (Å²) in [6, 6.07) is 5.72. The van der Waals surface area contributed by atoms with Crippen LogP contribution in [0.4, 0.5) is 0 Å². The average Bonchev–Trinajstić information content (AvgIpc) is 2.91. The molecule has 3 rings (SSSR count). The van der Waals surface area contributed by atoms with E-state index >= 15 is 0 Å². The Bertz CT molecular complexity index is 804. The maximum atomic E-state index is 11.4. The first kappa shape index (κ1) is 12.7. The molecule has 20 heavy (non-hydrogen) atoms. The van der Waals surface area contributed by atoms with Crippen LogP contribution in [-0.2, 0) is 0 Å². The molecule has 1 N–H and O–H groups in total. The zero-order valence-corrected chi connectivity index (χ0v) is 11.8. The van der Waals surface area contributed by atoms with Crippen LogP contribution >= 0.6 is 11.3 Å². The summed E-state index contributed by atoms with van der Waals surface area (Å²) in [6.07, 6.45) is 1.67. The van der Waals surface area contributed by atoms with E-state index in [1.54, 1.807) is 11.6 Å². The zero-order chi connectivity index (χ0) is 14.3. The van der Waals surface area contributed by atoms with Gasteiger partial charge in [0.1, 0.15) is 5.75 Å². The number of aryl methyl sites for hydroxylation is 2. The van der Waals surface area contributed by atoms with Gasteiger partial charge in [-0.3, -0.25) is 4.40 Å². The summed E-state index contributed by atoms with van der Waals surface area (Å²) in [5.41, 5.74) is 2.11. The highest BCUT2D eigenvalue weighted by molar-refractivity contribution is 7.15. The van der Waals surface area contributed by atoms with Crippen molar-refractivity contribution in [3.05, 3.63) is 46.6 Å². The predicted molar refractivity (Wildman–Crippen MR) is 76.0 cm³/mol. The average molecular weight is 288 g/mol. The van der Waals surface area contributed by atoms with Gasteiger partial charge >= 0.3 is 5.97 Å². The molecule has 6 heteroatoms. The number of carbonyl (C=O) groups is 1. The normalized spacial score (nSPS) is 10.9. The van der Waals surface area contributed by atoms with E-state index in [9.17, 15) is 9.90 Å². The molecule has 0 radical (unpaired) electrons. The van der Waals surface area contributed by atoms with Crippen molar-refractivity contribution >= 4 is 22.3 Å². The SMILES string of the molecule is Cc1ccc(Oc2nc3sccn3c2C(=O)O)c(C)c1. The predicted octanol–water partition coefficient (Wildman–Crippen LogP) is 3.50. The van der Waals surface area contributed by atoms with Gasteiger partial charge in [0.05, 0.1) is 0 Å². The summed E-state index contributed by atoms with van der Waals surface area (Å²) in [7, 11) is 0. The highest BCUT2D eigenvalue weighted by atomic mass is 32.1. The van der Waals surface area contributed by atoms with Crippen molar-refractivity contribution in [2.75, 3.05) is 0 Å². The third-order valence-corrected chi connectivity index (χ3v) is 3.73. The van der Waals surface area contributed by atoms with Gasteiger partial charge < -0.3 is 9.84 Å². The number of hydrogen-bond acceptors (Lipinski definition) is 4. The smallest absolute Gasteiger partial charge is 0.358 e. The standard InChI is InChI=1S/C14H12N2O3S/c1-8-3-4-10(9(2)7-8)19-12-11(13(17)18)16-5-6-20-14(16)15-12/h3-7H,1-2H3,(H,17,18). The van der Waals surface area contributed by atoms with Gasteiger partial charge in [0.15, 0.2) is 10.7 Å². The number of carboxylic acids is 1. The lowest BCUT2D eigenvalue weighted by molar-refractivity contribution is 0.0686. The van der Waals surface area contributed by atoms with Crippen molar-refractivity contribution in [2.45, 2.75) is 13.8 Å². The molecule has 0 aliphatic rings. The lowest BCUT2D eigenvalue weighted by atomic mass is 10.1. The molecule has 2 heterocycles. The molecule has 0 unspecified atom stereocenters. The minimum absolute atomic E-state index is 0.0428. The van der Waals surface area contributed by atoms with Gasteiger partial charge in [0, 0.05) is 11.6 Å². The van der Waals surface area contributed by atoms with E-state index in [1.807, 2.05) is 32.0 Å². The van der Waals surface area contributed by atoms with Gasteiger partial charge in [-0.1, -0.05) is 17.7 Å². The summed E-state index contributed by atoms with van der Waals surface area (Å²) >= 11 is 1.37. The lowest BCUT2D eigenvalue weighted by Gasteiger charge is -2.07. The number of thiazole rings is 1. The Balaban J connectivity index is 2.08. The maximum absolute atomic E-state index is 11.4. The molecule has 0 atom stereocenters. The number of hydrogen-bond donors (Lipinski definition) is 1. The molecule has 1 aromatic carbocycles. The van der Waals surface area contributed by atoms with E-state index in [0.717, 1.165) is 11.1 Å². The van der Waals surface area contributed by atoms with Crippen LogP contribution in [0, 0.1) is 13.8 Å². The number of imidazole rings is 1. The fraction of sp³-hybridized carbons (Fsp3) is 0.143. The number of nitrogens with zero attached hydrogens (tertiary/aromatic N) is 2. The van der Waals surface area contributed by atoms with E-state index in [0.29, 0.717) is 10.7 Å². The third kappa shape index (κ3) is 2.04. The van der Waals surface area contributed by atoms with Gasteiger partial charge in [0.2, 0.25) is 0 Å². The molecule has 0 saturated carbocycles. The van der Waals surface area contributed by atoms with Crippen molar-refractivity contribution in [3.8, 4) is 11.6 Å². The number of aromatic carboxylic acids is 1. The van der Waals surface area contributed by atoms with E-state index in [1.165, 1.54) is 15.7 Å². The molecule has 0 spiro atoms. The Morgan fingerprint density at radius 3 is 2.90 bits per heavy atom. The molecule has 0 bridgehead atoms. The van der Waals surface area contributed by atoms with Gasteiger partial charge in [-0.2, -0.15) is 4.98 Å². The highest BCUT2D eigenvalue weighted by Crippen LogP contribution is 2.30. The van der Waals surface area contributed by atoms with Crippen molar-refractivity contribution in [2.24, 2.45) is 0 Å².